The van der Waals surface area contributed by atoms with Gasteiger partial charge in [-0.25, -0.2) is 0 Å². The van der Waals surface area contributed by atoms with Crippen molar-refractivity contribution in [3.63, 3.8) is 0 Å². The lowest BCUT2D eigenvalue weighted by atomic mass is 9.85. The van der Waals surface area contributed by atoms with E-state index >= 15 is 0 Å². The van der Waals surface area contributed by atoms with Crippen LogP contribution in [0.15, 0.2) is 33.9 Å². The number of amides is 2. The molecule has 4 unspecified atom stereocenters. The Balaban J connectivity index is 1.31. The highest BCUT2D eigenvalue weighted by molar-refractivity contribution is 9.10. The van der Waals surface area contributed by atoms with Gasteiger partial charge in [0.1, 0.15) is 0 Å². The van der Waals surface area contributed by atoms with Gasteiger partial charge in [0.05, 0.1) is 18.1 Å². The summed E-state index contributed by atoms with van der Waals surface area (Å²) in [5.41, 5.74) is 0.934. The van der Waals surface area contributed by atoms with Crippen LogP contribution in [0.1, 0.15) is 18.4 Å². The molecule has 4 atom stereocenters. The second-order valence-electron chi connectivity index (χ2n) is 7.68. The van der Waals surface area contributed by atoms with Crippen molar-refractivity contribution in [3.05, 3.63) is 34.3 Å². The van der Waals surface area contributed by atoms with E-state index < -0.39 is 0 Å². The van der Waals surface area contributed by atoms with Gasteiger partial charge in [0, 0.05) is 10.0 Å². The summed E-state index contributed by atoms with van der Waals surface area (Å²) >= 11 is 3.47. The number of fused-ring (bicyclic) bond motifs is 4. The van der Waals surface area contributed by atoms with Gasteiger partial charge in [-0.15, -0.1) is 0 Å². The molecule has 5 aliphatic rings. The molecule has 1 saturated heterocycles. The predicted molar refractivity (Wildman–Crippen MR) is 94.5 cm³/mol. The molecule has 6 rings (SSSR count). The van der Waals surface area contributed by atoms with Gasteiger partial charge in [-0.3, -0.25) is 9.59 Å². The monoisotopic (exact) mass is 414 g/mol. The van der Waals surface area contributed by atoms with Gasteiger partial charge >= 0.3 is 0 Å². The van der Waals surface area contributed by atoms with Crippen molar-refractivity contribution in [3.8, 4) is 11.5 Å². The van der Waals surface area contributed by atoms with Crippen LogP contribution in [0.4, 0.5) is 0 Å². The molecular weight excluding hydrogens is 400 g/mol. The maximum absolute atomic E-state index is 12.9. The topological polar surface area (TPSA) is 68.2 Å². The zero-order valence-corrected chi connectivity index (χ0v) is 15.3. The normalized spacial score (nSPS) is 34.6. The van der Waals surface area contributed by atoms with E-state index in [9.17, 15) is 9.59 Å². The van der Waals surface area contributed by atoms with Crippen LogP contribution in [-0.4, -0.2) is 29.8 Å². The third kappa shape index (κ3) is 1.70. The Kier molecular flexibility index (Phi) is 2.74. The summed E-state index contributed by atoms with van der Waals surface area (Å²) < 4.78 is 11.5. The summed E-state index contributed by atoms with van der Waals surface area (Å²) in [6.45, 7) is 0.187. The van der Waals surface area contributed by atoms with Gasteiger partial charge in [0.25, 0.3) is 11.8 Å². The number of rotatable bonds is 2. The Morgan fingerprint density at radius 2 is 1.69 bits per heavy atom. The van der Waals surface area contributed by atoms with Crippen molar-refractivity contribution in [2.45, 2.75) is 12.8 Å². The molecular formula is C19H15BrN2O4. The number of hydrogen-bond donors (Lipinski definition) is 0. The number of benzene rings is 1. The van der Waals surface area contributed by atoms with Gasteiger partial charge in [0.2, 0.25) is 6.79 Å². The highest BCUT2D eigenvalue weighted by atomic mass is 79.9. The van der Waals surface area contributed by atoms with Crippen molar-refractivity contribution >= 4 is 34.0 Å². The Morgan fingerprint density at radius 3 is 2.31 bits per heavy atom. The van der Waals surface area contributed by atoms with Crippen molar-refractivity contribution in [1.82, 2.24) is 5.01 Å². The molecule has 2 aliphatic heterocycles. The van der Waals surface area contributed by atoms with Gasteiger partial charge in [-0.1, -0.05) is 12.2 Å². The highest BCUT2D eigenvalue weighted by Gasteiger charge is 2.73. The summed E-state index contributed by atoms with van der Waals surface area (Å²) in [5, 5.41) is 5.32. The fourth-order valence-electron chi connectivity index (χ4n) is 5.33. The molecule has 26 heavy (non-hydrogen) atoms. The van der Waals surface area contributed by atoms with Crippen molar-refractivity contribution < 1.29 is 19.1 Å². The molecule has 7 heteroatoms. The van der Waals surface area contributed by atoms with E-state index in [-0.39, 0.29) is 47.7 Å². The fraction of sp³-hybridized carbons (Fsp3) is 0.421. The summed E-state index contributed by atoms with van der Waals surface area (Å²) in [5.74, 6) is 0.956. The second kappa shape index (κ2) is 4.76. The first-order valence-electron chi connectivity index (χ1n) is 8.79. The maximum atomic E-state index is 12.9. The molecule has 1 spiro atoms. The van der Waals surface area contributed by atoms with Crippen LogP contribution in [0.2, 0.25) is 0 Å². The van der Waals surface area contributed by atoms with Crippen LogP contribution in [0.3, 0.4) is 0 Å². The van der Waals surface area contributed by atoms with Gasteiger partial charge in [-0.2, -0.15) is 10.1 Å². The largest absolute Gasteiger partial charge is 0.454 e. The highest BCUT2D eigenvalue weighted by Crippen LogP contribution is 2.73. The quantitative estimate of drug-likeness (QED) is 0.423. The van der Waals surface area contributed by atoms with Crippen molar-refractivity contribution in [2.75, 3.05) is 6.79 Å². The number of imide groups is 1. The summed E-state index contributed by atoms with van der Waals surface area (Å²) in [4.78, 5) is 25.8. The molecule has 0 N–H and O–H groups in total. The van der Waals surface area contributed by atoms with Crippen LogP contribution in [-0.2, 0) is 9.59 Å². The van der Waals surface area contributed by atoms with E-state index in [1.54, 1.807) is 12.1 Å². The molecule has 2 heterocycles. The van der Waals surface area contributed by atoms with Crippen LogP contribution < -0.4 is 9.47 Å². The van der Waals surface area contributed by atoms with Gasteiger partial charge in [0.15, 0.2) is 11.5 Å². The summed E-state index contributed by atoms with van der Waals surface area (Å²) in [6, 6.07) is 3.58. The zero-order valence-electron chi connectivity index (χ0n) is 13.7. The Labute approximate surface area is 157 Å². The Morgan fingerprint density at radius 1 is 1.08 bits per heavy atom. The van der Waals surface area contributed by atoms with Crippen molar-refractivity contribution in [2.24, 2.45) is 34.2 Å². The van der Waals surface area contributed by atoms with E-state index in [1.165, 1.54) is 6.21 Å². The number of carbonyl (C=O) groups is 2. The molecule has 132 valence electrons. The minimum absolute atomic E-state index is 0.156. The number of carbonyl (C=O) groups excluding carboxylic acids is 2. The number of hydrogen-bond acceptors (Lipinski definition) is 5. The SMILES string of the molecule is O=C1C2C(C(=O)N1/N=C\c1cc3c(cc1Br)OCO3)C1C=CC2C12CC2. The smallest absolute Gasteiger partial charge is 0.254 e. The molecule has 0 radical (unpaired) electrons. The van der Waals surface area contributed by atoms with E-state index in [2.05, 4.69) is 33.2 Å². The maximum Gasteiger partial charge on any atom is 0.254 e. The van der Waals surface area contributed by atoms with Gasteiger partial charge in [-0.05, 0) is 58.2 Å². The molecule has 1 aromatic carbocycles. The van der Waals surface area contributed by atoms with Crippen LogP contribution in [0, 0.1) is 29.1 Å². The van der Waals surface area contributed by atoms with E-state index in [0.29, 0.717) is 11.5 Å². The molecule has 2 bridgehead atoms. The lowest BCUT2D eigenvalue weighted by Gasteiger charge is -2.18. The molecule has 0 aromatic heterocycles. The first kappa shape index (κ1) is 15.0. The molecule has 1 aromatic rings. The average Bonchev–Trinajstić information content (AvgIpc) is 2.94. The first-order valence-corrected chi connectivity index (χ1v) is 9.59. The Bertz CT molecular complexity index is 902. The summed E-state index contributed by atoms with van der Waals surface area (Å²) in [6.07, 6.45) is 8.12. The second-order valence-corrected chi connectivity index (χ2v) is 8.54. The zero-order chi connectivity index (χ0) is 17.6. The molecule has 3 aliphatic carbocycles. The third-order valence-electron chi connectivity index (χ3n) is 6.63. The number of hydrazone groups is 1. The third-order valence-corrected chi connectivity index (χ3v) is 7.32. The van der Waals surface area contributed by atoms with Crippen molar-refractivity contribution in [1.29, 1.82) is 0 Å². The lowest BCUT2D eigenvalue weighted by Crippen LogP contribution is -2.30. The standard InChI is InChI=1S/C19H15BrN2O4/c20-12-6-14-13(25-8-26-14)5-9(12)7-21-22-17(23)15-10-1-2-11(16(15)18(22)24)19(10)3-4-19/h1-2,5-7,10-11,15-16H,3-4,8H2/b21-7-. The number of allylic oxidation sites excluding steroid dienone is 2. The number of nitrogens with zero attached hydrogens (tertiary/aromatic N) is 2. The number of ether oxygens (including phenoxy) is 2. The first-order chi connectivity index (χ1) is 12.6. The van der Waals surface area contributed by atoms with E-state index in [1.807, 2.05) is 0 Å². The Hall–Kier alpha value is -2.15. The fourth-order valence-corrected chi connectivity index (χ4v) is 5.75. The van der Waals surface area contributed by atoms with Crippen LogP contribution >= 0.6 is 15.9 Å². The van der Waals surface area contributed by atoms with Crippen LogP contribution in [0.5, 0.6) is 11.5 Å². The minimum Gasteiger partial charge on any atom is -0.454 e. The molecule has 2 amide bonds. The van der Waals surface area contributed by atoms with Gasteiger partial charge < -0.3 is 9.47 Å². The average molecular weight is 415 g/mol. The van der Waals surface area contributed by atoms with E-state index in [4.69, 9.17) is 9.47 Å². The van der Waals surface area contributed by atoms with Crippen LogP contribution in [0.25, 0.3) is 0 Å². The molecule has 3 fully saturated rings. The number of halogens is 1. The minimum atomic E-state index is -0.225. The molecule has 2 saturated carbocycles. The van der Waals surface area contributed by atoms with E-state index in [0.717, 1.165) is 27.9 Å². The lowest BCUT2D eigenvalue weighted by molar-refractivity contribution is -0.141. The summed E-state index contributed by atoms with van der Waals surface area (Å²) in [7, 11) is 0. The molecule has 6 nitrogen and oxygen atoms in total. The predicted octanol–water partition coefficient (Wildman–Crippen LogP) is 2.71.